The number of Topliss-reactive ketones (excluding diaryl/α,β-unsaturated/α-hetero) is 2. The third kappa shape index (κ3) is 23.3. The molecule has 37 heteroatoms. The summed E-state index contributed by atoms with van der Waals surface area (Å²) in [6.45, 7) is 9.80. The molecular formula is C89H109Cl2N7O27S. The molecule has 7 heterocycles. The Morgan fingerprint density at radius 3 is 1.96 bits per heavy atom. The molecular weight excluding hydrogens is 1700 g/mol. The molecule has 18 N–H and O–H groups in total. The number of aliphatic carboxylic acids is 1. The first-order valence-corrected chi connectivity index (χ1v) is 44.4. The molecule has 18 atom stereocenters. The molecule has 0 unspecified atom stereocenters. The van der Waals surface area contributed by atoms with Gasteiger partial charge in [0, 0.05) is 72.9 Å². The number of aryl methyl sites for hydroxylation is 1. The zero-order valence-electron chi connectivity index (χ0n) is 70.3. The van der Waals surface area contributed by atoms with Gasteiger partial charge in [-0.25, -0.2) is 17.9 Å². The number of nitrogens with two attached hydrogens (primary N) is 2. The summed E-state index contributed by atoms with van der Waals surface area (Å²) in [6.07, 6.45) is -12.8. The number of carbonyl (C=O) groups is 9. The van der Waals surface area contributed by atoms with E-state index in [1.54, 1.807) is 19.1 Å². The Balaban J connectivity index is 1.01. The number of nitrogens with one attached hydrogen (secondary N) is 5. The first kappa shape index (κ1) is 96.7. The van der Waals surface area contributed by atoms with Gasteiger partial charge < -0.3 is 112 Å². The summed E-state index contributed by atoms with van der Waals surface area (Å²) < 4.78 is 73.3. The number of aromatic hydroxyl groups is 2. The molecule has 13 rings (SSSR count). The first-order chi connectivity index (χ1) is 59.8. The van der Waals surface area contributed by atoms with Gasteiger partial charge in [0.1, 0.15) is 77.4 Å². The fourth-order valence-corrected chi connectivity index (χ4v) is 17.8. The summed E-state index contributed by atoms with van der Waals surface area (Å²) in [6, 6.07) is 12.4. The topological polar surface area (TPSA) is 547 Å². The van der Waals surface area contributed by atoms with Crippen LogP contribution in [0.15, 0.2) is 108 Å². The highest BCUT2D eigenvalue weighted by molar-refractivity contribution is 7.89. The van der Waals surface area contributed by atoms with Crippen molar-refractivity contribution in [2.24, 2.45) is 29.2 Å². The van der Waals surface area contributed by atoms with E-state index in [1.165, 1.54) is 32.0 Å². The van der Waals surface area contributed by atoms with Crippen LogP contribution in [0.4, 0.5) is 0 Å². The quantitative estimate of drug-likeness (QED) is 0.0120. The molecule has 11 bridgehead atoms. The number of esters is 1. The van der Waals surface area contributed by atoms with Crippen molar-refractivity contribution >= 4 is 86.3 Å². The molecule has 34 nitrogen and oxygen atoms in total. The Morgan fingerprint density at radius 1 is 0.698 bits per heavy atom. The standard InChI is InChI=1S/C89H109Cl2N7O27S/c1-7-9-10-14-17-45-19-24-53(25-20-45)126(117,118)94-29-16-13-11-12-15-18-69(105)120-52-38-56-71(60(101)39-52)55-31-47(21-26-59(55)100)54-40-62(103)72-50-35-65(121-63-27-22-48(32-57(63)90)76(106)74(97-83(111)46(8-2)30-43(3)4)61(102)34-51(37-68(92)104)84(112)95-72)80(125-88-81(79(109)78(108)67(42-99)123-88)124-70-41-89(6,93)82(110)44(5)119-70)66(36-50)122-64-28-23-49(33-58(64)91)77(107)75(98-85(54)113)86(114)96-73(56)87(115)116/h19-28,31-33,35-36,38-39,43-44,46,51,54,67,70,72-79,81-82,88,94,99-101,106-110H,7-18,29-30,34,37,40-42,93H2,1-6H3,(H2,92,104)(H,95,112)(H,96,114)(H,97,111)(H,98,113)(H,115,116)/t44-,46+,51-,54+,67+,70-,72+,73-,74-,75-,76+,77+,78+,79-,81+,82+,88-,89-/m0/s1. The molecule has 7 aliphatic heterocycles. The summed E-state index contributed by atoms with van der Waals surface area (Å²) in [5.74, 6) is -20.1. The monoisotopic (exact) mass is 1810 g/mol. The maximum Gasteiger partial charge on any atom is 0.330 e. The first-order valence-electron chi connectivity index (χ1n) is 42.1. The van der Waals surface area contributed by atoms with Crippen LogP contribution in [-0.2, 0) is 73.8 Å². The predicted octanol–water partition coefficient (Wildman–Crippen LogP) is 8.16. The highest BCUT2D eigenvalue weighted by Crippen LogP contribution is 2.51. The van der Waals surface area contributed by atoms with Gasteiger partial charge in [-0.1, -0.05) is 120 Å². The minimum atomic E-state index is -3.78. The fraction of sp³-hybridized carbons (Fsp3) is 0.494. The molecule has 2 fully saturated rings. The van der Waals surface area contributed by atoms with Crippen molar-refractivity contribution in [2.75, 3.05) is 13.2 Å². The number of aliphatic hydroxyl groups excluding tert-OH is 6. The number of aliphatic hydroxyl groups is 6. The Kier molecular flexibility index (Phi) is 32.5. The normalized spacial score (nSPS) is 26.1. The molecule has 2 saturated heterocycles. The SMILES string of the molecule is CCCCCCc1ccc(S(=O)(=O)NCCCCCCCC(=O)Oc2cc(O)c3c(c2)[C@@H](C(=O)O)NC(=O)[C@H]2NC(=O)[C@H](CC(=O)[C@@H]4NC(=O)[C@H](CC(N)=O)CC(=O)[C@H](NC(=O)[C@H](CC)CC(C)C)[C@H](O)c5ccc(c(Cl)c5)Oc5cc4cc(c5O[C@@H]4O[C@H](CO)[C@@H](O)[C@H](O)[C@H]4O[C@H]4C[C@](C)(N)[C@H](O)[C@H](C)O4)Oc4ccc(cc4Cl)[C@H]2O)c2ccc(O)c-3c2)cc1. The second-order valence-electron chi connectivity index (χ2n) is 33.4. The van der Waals surface area contributed by atoms with Crippen LogP contribution >= 0.6 is 23.2 Å². The van der Waals surface area contributed by atoms with E-state index in [9.17, 15) is 73.6 Å². The number of hydrogen-bond donors (Lipinski definition) is 16. The predicted molar refractivity (Wildman–Crippen MR) is 454 cm³/mol. The van der Waals surface area contributed by atoms with Gasteiger partial charge in [-0.3, -0.25) is 38.4 Å². The van der Waals surface area contributed by atoms with E-state index in [0.717, 1.165) is 98.3 Å². The van der Waals surface area contributed by atoms with Gasteiger partial charge in [0.25, 0.3) is 0 Å². The molecule has 0 radical (unpaired) electrons. The largest absolute Gasteiger partial charge is 0.507 e. The average Bonchev–Trinajstić information content (AvgIpc) is 0.767. The summed E-state index contributed by atoms with van der Waals surface area (Å²) in [7, 11) is -3.78. The highest BCUT2D eigenvalue weighted by Gasteiger charge is 2.52. The van der Waals surface area contributed by atoms with Crippen molar-refractivity contribution in [3.63, 3.8) is 0 Å². The summed E-state index contributed by atoms with van der Waals surface area (Å²) in [4.78, 5) is 134. The molecule has 126 heavy (non-hydrogen) atoms. The highest BCUT2D eigenvalue weighted by atomic mass is 35.5. The smallest absolute Gasteiger partial charge is 0.330 e. The van der Waals surface area contributed by atoms with Crippen molar-refractivity contribution < 1.29 is 131 Å². The number of rotatable bonds is 29. The van der Waals surface area contributed by atoms with Crippen LogP contribution in [-0.4, -0.2) is 187 Å². The molecule has 682 valence electrons. The van der Waals surface area contributed by atoms with E-state index in [4.69, 9.17) is 67.8 Å². The van der Waals surface area contributed by atoms with E-state index >= 15 is 24.0 Å². The number of sulfonamides is 1. The maximum atomic E-state index is 16.5. The van der Waals surface area contributed by atoms with E-state index in [2.05, 4.69) is 32.9 Å². The molecule has 6 aromatic rings. The zero-order valence-corrected chi connectivity index (χ0v) is 72.7. The number of unbranched alkanes of at least 4 members (excludes halogenated alkanes) is 7. The van der Waals surface area contributed by atoms with Crippen LogP contribution in [0.1, 0.15) is 208 Å². The van der Waals surface area contributed by atoms with Crippen LogP contribution in [0.2, 0.25) is 10.0 Å². The summed E-state index contributed by atoms with van der Waals surface area (Å²) in [5, 5.41) is 115. The number of ether oxygens (including phenoxy) is 7. The van der Waals surface area contributed by atoms with E-state index in [1.807, 2.05) is 26.0 Å². The van der Waals surface area contributed by atoms with Crippen LogP contribution in [0.5, 0.6) is 46.0 Å². The number of amides is 5. The number of phenolic OH excluding ortho intramolecular Hbond substituents is 2. The second kappa shape index (κ2) is 42.3. The number of phenols is 2. The number of hydrogen-bond acceptors (Lipinski definition) is 27. The number of carboxylic acid groups (broad SMARTS) is 1. The van der Waals surface area contributed by atoms with Crippen molar-refractivity contribution in [3.05, 3.63) is 147 Å². The van der Waals surface area contributed by atoms with Gasteiger partial charge in [0.2, 0.25) is 51.6 Å². The molecule has 0 spiro atoms. The molecule has 0 saturated carbocycles. The molecule has 0 aliphatic carbocycles. The minimum Gasteiger partial charge on any atom is -0.507 e. The van der Waals surface area contributed by atoms with Crippen molar-refractivity contribution in [2.45, 2.75) is 253 Å². The van der Waals surface area contributed by atoms with Crippen LogP contribution in [0.25, 0.3) is 11.1 Å². The molecule has 7 aliphatic rings. The number of fused-ring (bicyclic) bond motifs is 15. The van der Waals surface area contributed by atoms with Crippen molar-refractivity contribution in [1.82, 2.24) is 26.0 Å². The van der Waals surface area contributed by atoms with Gasteiger partial charge >= 0.3 is 11.9 Å². The molecule has 5 amide bonds. The van der Waals surface area contributed by atoms with Gasteiger partial charge in [-0.05, 0) is 153 Å². The van der Waals surface area contributed by atoms with E-state index in [0.29, 0.717) is 32.1 Å². The minimum absolute atomic E-state index is 0.0348. The molecule has 0 aromatic heterocycles. The Hall–Kier alpha value is -9.96. The van der Waals surface area contributed by atoms with E-state index < -0.39 is 265 Å². The van der Waals surface area contributed by atoms with Crippen LogP contribution in [0, 0.1) is 17.8 Å². The summed E-state index contributed by atoms with van der Waals surface area (Å²) in [5.41, 5.74) is 9.44. The number of primary amides is 1. The lowest BCUT2D eigenvalue weighted by molar-refractivity contribution is -0.333. The summed E-state index contributed by atoms with van der Waals surface area (Å²) >= 11 is 14.3. The van der Waals surface area contributed by atoms with Gasteiger partial charge in [0.05, 0.1) is 45.6 Å². The van der Waals surface area contributed by atoms with Gasteiger partial charge in [-0.2, -0.15) is 0 Å². The lowest BCUT2D eigenvalue weighted by atomic mass is 9.84. The number of carbonyl (C=O) groups excluding carboxylic acids is 8. The fourth-order valence-electron chi connectivity index (χ4n) is 16.3. The zero-order chi connectivity index (χ0) is 91.5. The lowest BCUT2D eigenvalue weighted by Gasteiger charge is -2.47. The lowest BCUT2D eigenvalue weighted by Crippen LogP contribution is -2.64. The van der Waals surface area contributed by atoms with Crippen molar-refractivity contribution in [1.29, 1.82) is 0 Å². The third-order valence-corrected chi connectivity index (χ3v) is 25.3. The Morgan fingerprint density at radius 2 is 1.34 bits per heavy atom. The Bertz CT molecular complexity index is 5120. The van der Waals surface area contributed by atoms with Gasteiger partial charge in [0.15, 0.2) is 41.5 Å². The number of benzene rings is 6. The van der Waals surface area contributed by atoms with Crippen LogP contribution < -0.4 is 56.4 Å². The third-order valence-electron chi connectivity index (χ3n) is 23.2. The van der Waals surface area contributed by atoms with Crippen molar-refractivity contribution in [3.8, 4) is 57.1 Å². The number of ketones is 2. The van der Waals surface area contributed by atoms with E-state index in [-0.39, 0.29) is 70.5 Å². The maximum absolute atomic E-state index is 16.5. The second-order valence-corrected chi connectivity index (χ2v) is 36.0. The Labute approximate surface area is 737 Å². The number of halogens is 2. The van der Waals surface area contributed by atoms with Gasteiger partial charge in [-0.15, -0.1) is 0 Å². The number of carboxylic acids is 1. The van der Waals surface area contributed by atoms with Crippen LogP contribution in [0.3, 0.4) is 0 Å². The molecule has 6 aromatic carbocycles. The average molecular weight is 1810 g/mol.